The van der Waals surface area contributed by atoms with Gasteiger partial charge in [-0.05, 0) is 24.6 Å². The highest BCUT2D eigenvalue weighted by atomic mass is 35.7. The van der Waals surface area contributed by atoms with Gasteiger partial charge in [-0.25, -0.2) is 12.8 Å². The van der Waals surface area contributed by atoms with Gasteiger partial charge in [0.1, 0.15) is 10.7 Å². The molecule has 0 atom stereocenters. The van der Waals surface area contributed by atoms with Crippen molar-refractivity contribution in [2.24, 2.45) is 0 Å². The van der Waals surface area contributed by atoms with E-state index in [2.05, 4.69) is 0 Å². The molecule has 0 spiro atoms. The third-order valence-electron chi connectivity index (χ3n) is 2.44. The molecular weight excluding hydrogens is 338 g/mol. The molecule has 4 nitrogen and oxygen atoms in total. The summed E-state index contributed by atoms with van der Waals surface area (Å²) in [5, 5.41) is 1.96. The number of halogens is 5. The van der Waals surface area contributed by atoms with Crippen molar-refractivity contribution in [3.63, 3.8) is 0 Å². The summed E-state index contributed by atoms with van der Waals surface area (Å²) < 4.78 is 71.8. The van der Waals surface area contributed by atoms with Crippen molar-refractivity contribution < 1.29 is 30.8 Å². The standard InChI is InChI=1S/C11H10ClF4NO3S/c1-6-4-7(5-8(9(6)13)21(12,19)20)10(18)17-3-2-11(14,15)16/h4-5H,2-3H2,1H3,(H,17,18). The SMILES string of the molecule is Cc1cc(C(=O)NCCC(F)(F)F)cc(S(=O)(=O)Cl)c1F. The Hall–Kier alpha value is -1.35. The summed E-state index contributed by atoms with van der Waals surface area (Å²) in [6.07, 6.45) is -5.67. The second kappa shape index (κ2) is 6.18. The molecule has 0 heterocycles. The number of alkyl halides is 3. The van der Waals surface area contributed by atoms with Crippen LogP contribution in [-0.4, -0.2) is 27.0 Å². The molecule has 1 N–H and O–H groups in total. The molecular formula is C11H10ClF4NO3S. The zero-order chi connectivity index (χ0) is 16.4. The molecule has 118 valence electrons. The molecule has 1 aromatic rings. The predicted octanol–water partition coefficient (Wildman–Crippen LogP) is 2.74. The number of aryl methyl sites for hydroxylation is 1. The number of amides is 1. The Morgan fingerprint density at radius 2 is 1.90 bits per heavy atom. The molecule has 10 heteroatoms. The van der Waals surface area contributed by atoms with Crippen LogP contribution in [0.25, 0.3) is 0 Å². The minimum atomic E-state index is -4.43. The molecule has 0 unspecified atom stereocenters. The van der Waals surface area contributed by atoms with Gasteiger partial charge < -0.3 is 5.32 Å². The van der Waals surface area contributed by atoms with Crippen molar-refractivity contribution in [3.05, 3.63) is 29.1 Å². The van der Waals surface area contributed by atoms with Gasteiger partial charge in [-0.2, -0.15) is 13.2 Å². The number of hydrogen-bond donors (Lipinski definition) is 1. The molecule has 0 saturated heterocycles. The van der Waals surface area contributed by atoms with Crippen LogP contribution in [-0.2, 0) is 9.05 Å². The Bertz CT molecular complexity index is 658. The number of rotatable bonds is 4. The molecule has 0 saturated carbocycles. The van der Waals surface area contributed by atoms with Gasteiger partial charge in [0, 0.05) is 22.8 Å². The second-order valence-electron chi connectivity index (χ2n) is 4.16. The summed E-state index contributed by atoms with van der Waals surface area (Å²) in [6, 6.07) is 1.69. The number of benzene rings is 1. The number of hydrogen-bond acceptors (Lipinski definition) is 3. The fraction of sp³-hybridized carbons (Fsp3) is 0.364. The first kappa shape index (κ1) is 17.7. The third kappa shape index (κ3) is 5.16. The quantitative estimate of drug-likeness (QED) is 0.673. The van der Waals surface area contributed by atoms with Crippen molar-refractivity contribution in [3.8, 4) is 0 Å². The van der Waals surface area contributed by atoms with Crippen molar-refractivity contribution >= 4 is 25.6 Å². The lowest BCUT2D eigenvalue weighted by molar-refractivity contribution is -0.132. The van der Waals surface area contributed by atoms with E-state index in [9.17, 15) is 30.8 Å². The molecule has 0 aliphatic carbocycles. The first-order valence-corrected chi connectivity index (χ1v) is 7.82. The van der Waals surface area contributed by atoms with Crippen LogP contribution >= 0.6 is 10.7 Å². The molecule has 0 fully saturated rings. The normalized spacial score (nSPS) is 12.3. The van der Waals surface area contributed by atoms with E-state index in [1.165, 1.54) is 6.92 Å². The van der Waals surface area contributed by atoms with Crippen LogP contribution in [0, 0.1) is 12.7 Å². The number of nitrogens with one attached hydrogen (secondary N) is 1. The fourth-order valence-corrected chi connectivity index (χ4v) is 2.45. The highest BCUT2D eigenvalue weighted by Crippen LogP contribution is 2.23. The summed E-state index contributed by atoms with van der Waals surface area (Å²) in [6.45, 7) is 0.523. The van der Waals surface area contributed by atoms with Crippen molar-refractivity contribution in [2.75, 3.05) is 6.54 Å². The summed E-state index contributed by atoms with van der Waals surface area (Å²) in [7, 11) is 0.610. The maximum Gasteiger partial charge on any atom is 0.390 e. The number of carbonyl (C=O) groups excluding carboxylic acids is 1. The van der Waals surface area contributed by atoms with E-state index in [0.29, 0.717) is 6.07 Å². The van der Waals surface area contributed by atoms with E-state index in [0.717, 1.165) is 6.07 Å². The van der Waals surface area contributed by atoms with Gasteiger partial charge >= 0.3 is 6.18 Å². The lowest BCUT2D eigenvalue weighted by Crippen LogP contribution is -2.28. The van der Waals surface area contributed by atoms with Crippen molar-refractivity contribution in [1.82, 2.24) is 5.32 Å². The van der Waals surface area contributed by atoms with E-state index >= 15 is 0 Å². The molecule has 0 aromatic heterocycles. The fourth-order valence-electron chi connectivity index (χ4n) is 1.47. The third-order valence-corrected chi connectivity index (χ3v) is 3.76. The molecule has 1 amide bonds. The lowest BCUT2D eigenvalue weighted by atomic mass is 10.1. The van der Waals surface area contributed by atoms with Crippen LogP contribution < -0.4 is 5.32 Å². The Morgan fingerprint density at radius 3 is 2.38 bits per heavy atom. The van der Waals surface area contributed by atoms with E-state index in [-0.39, 0.29) is 11.1 Å². The maximum atomic E-state index is 13.6. The predicted molar refractivity (Wildman–Crippen MR) is 67.2 cm³/mol. The van der Waals surface area contributed by atoms with Crippen LogP contribution in [0.2, 0.25) is 0 Å². The summed E-state index contributed by atoms with van der Waals surface area (Å²) in [5.41, 5.74) is -0.465. The van der Waals surface area contributed by atoms with Crippen LogP contribution in [0.15, 0.2) is 17.0 Å². The van der Waals surface area contributed by atoms with E-state index in [4.69, 9.17) is 10.7 Å². The first-order valence-electron chi connectivity index (χ1n) is 5.51. The molecule has 1 rings (SSSR count). The average molecular weight is 348 g/mol. The second-order valence-corrected chi connectivity index (χ2v) is 6.70. The Morgan fingerprint density at radius 1 is 1.33 bits per heavy atom. The van der Waals surface area contributed by atoms with Gasteiger partial charge in [0.15, 0.2) is 0 Å². The highest BCUT2D eigenvalue weighted by molar-refractivity contribution is 8.13. The van der Waals surface area contributed by atoms with Gasteiger partial charge in [-0.15, -0.1) is 0 Å². The van der Waals surface area contributed by atoms with Crippen LogP contribution in [0.1, 0.15) is 22.3 Å². The van der Waals surface area contributed by atoms with Gasteiger partial charge in [-0.3, -0.25) is 4.79 Å². The molecule has 0 aliphatic heterocycles. The smallest absolute Gasteiger partial charge is 0.352 e. The minimum Gasteiger partial charge on any atom is -0.352 e. The van der Waals surface area contributed by atoms with Gasteiger partial charge in [0.2, 0.25) is 0 Å². The van der Waals surface area contributed by atoms with Crippen molar-refractivity contribution in [2.45, 2.75) is 24.4 Å². The molecule has 21 heavy (non-hydrogen) atoms. The van der Waals surface area contributed by atoms with E-state index < -0.39 is 44.8 Å². The molecule has 0 radical (unpaired) electrons. The zero-order valence-corrected chi connectivity index (χ0v) is 12.2. The monoisotopic (exact) mass is 347 g/mol. The van der Waals surface area contributed by atoms with Crippen molar-refractivity contribution in [1.29, 1.82) is 0 Å². The van der Waals surface area contributed by atoms with E-state index in [1.807, 2.05) is 5.32 Å². The molecule has 0 aliphatic rings. The van der Waals surface area contributed by atoms with Crippen LogP contribution in [0.5, 0.6) is 0 Å². The van der Waals surface area contributed by atoms with Gasteiger partial charge in [-0.1, -0.05) is 0 Å². The summed E-state index contributed by atoms with van der Waals surface area (Å²) in [5.74, 6) is -2.07. The van der Waals surface area contributed by atoms with Gasteiger partial charge in [0.05, 0.1) is 6.42 Å². The summed E-state index contributed by atoms with van der Waals surface area (Å²) in [4.78, 5) is 10.7. The Labute approximate surface area is 122 Å². The number of carbonyl (C=O) groups is 1. The topological polar surface area (TPSA) is 63.2 Å². The maximum absolute atomic E-state index is 13.6. The first-order chi connectivity index (χ1) is 9.42. The van der Waals surface area contributed by atoms with Crippen LogP contribution in [0.4, 0.5) is 17.6 Å². The van der Waals surface area contributed by atoms with E-state index in [1.54, 1.807) is 0 Å². The molecule has 1 aromatic carbocycles. The largest absolute Gasteiger partial charge is 0.390 e. The molecule has 0 bridgehead atoms. The Balaban J connectivity index is 2.99. The average Bonchev–Trinajstić information content (AvgIpc) is 2.29. The minimum absolute atomic E-state index is 0.169. The lowest BCUT2D eigenvalue weighted by Gasteiger charge is -2.10. The van der Waals surface area contributed by atoms with Crippen LogP contribution in [0.3, 0.4) is 0 Å². The summed E-state index contributed by atoms with van der Waals surface area (Å²) >= 11 is 0. The van der Waals surface area contributed by atoms with Gasteiger partial charge in [0.25, 0.3) is 15.0 Å². The zero-order valence-electron chi connectivity index (χ0n) is 10.6. The highest BCUT2D eigenvalue weighted by Gasteiger charge is 2.27. The Kier molecular flexibility index (Phi) is 5.21.